The van der Waals surface area contributed by atoms with Gasteiger partial charge in [-0.1, -0.05) is 30.3 Å². The number of hydrogen-bond donors (Lipinski definition) is 1. The number of benzene rings is 1. The van der Waals surface area contributed by atoms with E-state index in [1.165, 1.54) is 23.2 Å². The van der Waals surface area contributed by atoms with Crippen molar-refractivity contribution < 1.29 is 0 Å². The number of aromatic nitrogens is 2. The normalized spacial score (nSPS) is 22.3. The van der Waals surface area contributed by atoms with Gasteiger partial charge in [0, 0.05) is 18.8 Å². The Bertz CT molecular complexity index is 615. The summed E-state index contributed by atoms with van der Waals surface area (Å²) in [5.74, 6) is 1.34. The Morgan fingerprint density at radius 3 is 2.62 bits per heavy atom. The largest absolute Gasteiger partial charge is 0.327 e. The van der Waals surface area contributed by atoms with Crippen LogP contribution in [0.5, 0.6) is 0 Å². The lowest BCUT2D eigenvalue weighted by atomic mass is 9.99. The zero-order valence-electron chi connectivity index (χ0n) is 13.2. The first-order valence-electron chi connectivity index (χ1n) is 7.87. The molecule has 1 aromatic heterocycles. The van der Waals surface area contributed by atoms with Gasteiger partial charge in [-0.15, -0.1) is 0 Å². The van der Waals surface area contributed by atoms with Crippen molar-refractivity contribution in [3.8, 4) is 0 Å². The molecule has 1 aliphatic carbocycles. The molecule has 3 heteroatoms. The van der Waals surface area contributed by atoms with Crippen LogP contribution in [0.2, 0.25) is 0 Å². The molecule has 2 N–H and O–H groups in total. The first kappa shape index (κ1) is 14.3. The summed E-state index contributed by atoms with van der Waals surface area (Å²) < 4.78 is 1.97. The Morgan fingerprint density at radius 1 is 1.29 bits per heavy atom. The zero-order valence-corrected chi connectivity index (χ0v) is 13.2. The van der Waals surface area contributed by atoms with Crippen molar-refractivity contribution in [2.45, 2.75) is 45.1 Å². The van der Waals surface area contributed by atoms with Crippen LogP contribution in [0.4, 0.5) is 0 Å². The maximum atomic E-state index is 6.43. The Balaban J connectivity index is 1.57. The van der Waals surface area contributed by atoms with Crippen LogP contribution < -0.4 is 5.73 Å². The molecule has 3 unspecified atom stereocenters. The summed E-state index contributed by atoms with van der Waals surface area (Å²) in [6.45, 7) is 4.24. The molecule has 1 aliphatic rings. The van der Waals surface area contributed by atoms with E-state index >= 15 is 0 Å². The standard InChI is InChI=1S/C18H25N3/c1-12-15(13(2)21(3)20-12)9-10-18(19)17-11-16(17)14-7-5-4-6-8-14/h4-8,16-18H,9-11,19H2,1-3H3. The molecule has 0 spiro atoms. The third kappa shape index (κ3) is 2.88. The molecular weight excluding hydrogens is 258 g/mol. The molecule has 3 atom stereocenters. The number of rotatable bonds is 5. The molecule has 112 valence electrons. The lowest BCUT2D eigenvalue weighted by Crippen LogP contribution is -2.24. The van der Waals surface area contributed by atoms with Gasteiger partial charge in [0.05, 0.1) is 5.69 Å². The zero-order chi connectivity index (χ0) is 15.0. The Hall–Kier alpha value is -1.61. The van der Waals surface area contributed by atoms with Gasteiger partial charge in [-0.25, -0.2) is 0 Å². The minimum atomic E-state index is 0.300. The van der Waals surface area contributed by atoms with E-state index in [1.54, 1.807) is 0 Å². The van der Waals surface area contributed by atoms with E-state index < -0.39 is 0 Å². The van der Waals surface area contributed by atoms with Gasteiger partial charge in [0.1, 0.15) is 0 Å². The first-order valence-corrected chi connectivity index (χ1v) is 7.87. The minimum Gasteiger partial charge on any atom is -0.327 e. The van der Waals surface area contributed by atoms with Crippen LogP contribution in [-0.4, -0.2) is 15.8 Å². The van der Waals surface area contributed by atoms with E-state index in [1.807, 2.05) is 11.7 Å². The van der Waals surface area contributed by atoms with Gasteiger partial charge in [-0.3, -0.25) is 4.68 Å². The van der Waals surface area contributed by atoms with Crippen LogP contribution in [0, 0.1) is 19.8 Å². The molecular formula is C18H25N3. The summed E-state index contributed by atoms with van der Waals surface area (Å²) in [4.78, 5) is 0. The fourth-order valence-electron chi connectivity index (χ4n) is 3.48. The number of hydrogen-bond acceptors (Lipinski definition) is 2. The quantitative estimate of drug-likeness (QED) is 0.916. The number of nitrogens with two attached hydrogens (primary N) is 1. The van der Waals surface area contributed by atoms with E-state index in [0.717, 1.165) is 18.5 Å². The van der Waals surface area contributed by atoms with E-state index in [2.05, 4.69) is 49.3 Å². The van der Waals surface area contributed by atoms with Gasteiger partial charge >= 0.3 is 0 Å². The number of aryl methyl sites for hydroxylation is 2. The molecule has 0 amide bonds. The van der Waals surface area contributed by atoms with Gasteiger partial charge in [-0.2, -0.15) is 5.10 Å². The summed E-state index contributed by atoms with van der Waals surface area (Å²) in [6, 6.07) is 11.1. The second-order valence-electron chi connectivity index (χ2n) is 6.39. The molecule has 0 saturated heterocycles. The fraction of sp³-hybridized carbons (Fsp3) is 0.500. The molecule has 3 rings (SSSR count). The highest BCUT2D eigenvalue weighted by atomic mass is 15.3. The van der Waals surface area contributed by atoms with Gasteiger partial charge in [0.25, 0.3) is 0 Å². The highest BCUT2D eigenvalue weighted by Gasteiger charge is 2.41. The molecule has 1 heterocycles. The van der Waals surface area contributed by atoms with Crippen LogP contribution in [0.3, 0.4) is 0 Å². The van der Waals surface area contributed by atoms with Gasteiger partial charge < -0.3 is 5.73 Å². The predicted octanol–water partition coefficient (Wildman–Crippen LogP) is 3.10. The van der Waals surface area contributed by atoms with Gasteiger partial charge in [-0.05, 0) is 56.1 Å². The Kier molecular flexibility index (Phi) is 3.85. The molecule has 0 radical (unpaired) electrons. The lowest BCUT2D eigenvalue weighted by Gasteiger charge is -2.12. The molecule has 1 saturated carbocycles. The van der Waals surface area contributed by atoms with E-state index in [-0.39, 0.29) is 0 Å². The van der Waals surface area contributed by atoms with Crippen molar-refractivity contribution in [1.29, 1.82) is 0 Å². The maximum Gasteiger partial charge on any atom is 0.0628 e. The smallest absolute Gasteiger partial charge is 0.0628 e. The predicted molar refractivity (Wildman–Crippen MR) is 86.3 cm³/mol. The van der Waals surface area contributed by atoms with Crippen molar-refractivity contribution in [2.75, 3.05) is 0 Å². The Morgan fingerprint density at radius 2 is 2.00 bits per heavy atom. The summed E-state index contributed by atoms with van der Waals surface area (Å²) >= 11 is 0. The highest BCUT2D eigenvalue weighted by molar-refractivity contribution is 5.27. The minimum absolute atomic E-state index is 0.300. The molecule has 1 fully saturated rings. The average Bonchev–Trinajstić information content (AvgIpc) is 3.24. The fourth-order valence-corrected chi connectivity index (χ4v) is 3.48. The molecule has 1 aromatic carbocycles. The molecule has 2 aromatic rings. The third-order valence-electron chi connectivity index (χ3n) is 5.00. The average molecular weight is 283 g/mol. The van der Waals surface area contributed by atoms with Gasteiger partial charge in [0.15, 0.2) is 0 Å². The van der Waals surface area contributed by atoms with Crippen molar-refractivity contribution in [3.05, 3.63) is 52.8 Å². The monoisotopic (exact) mass is 283 g/mol. The number of nitrogens with zero attached hydrogens (tertiary/aromatic N) is 2. The maximum absolute atomic E-state index is 6.43. The SMILES string of the molecule is Cc1nn(C)c(C)c1CCC(N)C1CC1c1ccccc1. The van der Waals surface area contributed by atoms with Crippen molar-refractivity contribution in [2.24, 2.45) is 18.7 Å². The topological polar surface area (TPSA) is 43.8 Å². The van der Waals surface area contributed by atoms with Crippen LogP contribution in [-0.2, 0) is 13.5 Å². The summed E-state index contributed by atoms with van der Waals surface area (Å²) in [7, 11) is 2.01. The van der Waals surface area contributed by atoms with Crippen LogP contribution in [0.15, 0.2) is 30.3 Å². The first-order chi connectivity index (χ1) is 10.1. The Labute approximate surface area is 127 Å². The summed E-state index contributed by atoms with van der Waals surface area (Å²) in [6.07, 6.45) is 3.35. The highest BCUT2D eigenvalue weighted by Crippen LogP contribution is 2.49. The lowest BCUT2D eigenvalue weighted by molar-refractivity contribution is 0.538. The summed E-state index contributed by atoms with van der Waals surface area (Å²) in [5.41, 5.74) is 11.7. The van der Waals surface area contributed by atoms with Crippen LogP contribution in [0.25, 0.3) is 0 Å². The van der Waals surface area contributed by atoms with Crippen molar-refractivity contribution in [3.63, 3.8) is 0 Å². The third-order valence-corrected chi connectivity index (χ3v) is 5.00. The molecule has 0 bridgehead atoms. The van der Waals surface area contributed by atoms with Crippen LogP contribution >= 0.6 is 0 Å². The molecule has 3 nitrogen and oxygen atoms in total. The molecule has 21 heavy (non-hydrogen) atoms. The van der Waals surface area contributed by atoms with Crippen LogP contribution in [0.1, 0.15) is 41.3 Å². The van der Waals surface area contributed by atoms with Gasteiger partial charge in [0.2, 0.25) is 0 Å². The van der Waals surface area contributed by atoms with E-state index in [4.69, 9.17) is 5.73 Å². The molecule has 0 aliphatic heterocycles. The van der Waals surface area contributed by atoms with E-state index in [9.17, 15) is 0 Å². The second-order valence-corrected chi connectivity index (χ2v) is 6.39. The van der Waals surface area contributed by atoms with E-state index in [0.29, 0.717) is 17.9 Å². The summed E-state index contributed by atoms with van der Waals surface area (Å²) in [5, 5.41) is 4.49. The second kappa shape index (κ2) is 5.64. The van der Waals surface area contributed by atoms with Crippen molar-refractivity contribution >= 4 is 0 Å². The van der Waals surface area contributed by atoms with Crippen molar-refractivity contribution in [1.82, 2.24) is 9.78 Å².